The first-order valence-electron chi connectivity index (χ1n) is 7.27. The van der Waals surface area contributed by atoms with Gasteiger partial charge in [-0.3, -0.25) is 4.79 Å². The van der Waals surface area contributed by atoms with Crippen LogP contribution in [-0.2, 0) is 17.8 Å². The number of nitrogens with zero attached hydrogens (tertiary/aromatic N) is 1. The van der Waals surface area contributed by atoms with Crippen molar-refractivity contribution in [2.24, 2.45) is 5.73 Å². The molecular formula is C16H24N2O2. The van der Waals surface area contributed by atoms with Crippen LogP contribution in [0, 0.1) is 0 Å². The molecule has 20 heavy (non-hydrogen) atoms. The monoisotopic (exact) mass is 276 g/mol. The molecule has 0 radical (unpaired) electrons. The Bertz CT molecular complexity index is 467. The van der Waals surface area contributed by atoms with Gasteiger partial charge in [0.25, 0.3) is 0 Å². The number of hydrogen-bond donors (Lipinski definition) is 2. The maximum atomic E-state index is 12.3. The van der Waals surface area contributed by atoms with Crippen LogP contribution < -0.4 is 5.73 Å². The summed E-state index contributed by atoms with van der Waals surface area (Å²) in [5.74, 6) is 0.0335. The maximum Gasteiger partial charge on any atom is 0.226 e. The minimum Gasteiger partial charge on any atom is -0.388 e. The maximum absolute atomic E-state index is 12.3. The number of amides is 1. The second-order valence-corrected chi connectivity index (χ2v) is 5.83. The Morgan fingerprint density at radius 2 is 1.90 bits per heavy atom. The first-order chi connectivity index (χ1) is 9.54. The van der Waals surface area contributed by atoms with Crippen molar-refractivity contribution in [3.05, 3.63) is 35.4 Å². The summed E-state index contributed by atoms with van der Waals surface area (Å²) >= 11 is 0. The van der Waals surface area contributed by atoms with Crippen molar-refractivity contribution in [3.63, 3.8) is 0 Å². The number of rotatable bonds is 5. The quantitative estimate of drug-likeness (QED) is 0.855. The van der Waals surface area contributed by atoms with E-state index in [1.165, 1.54) is 0 Å². The highest BCUT2D eigenvalue weighted by Crippen LogP contribution is 2.30. The Morgan fingerprint density at radius 3 is 2.50 bits per heavy atom. The van der Waals surface area contributed by atoms with Gasteiger partial charge in [0, 0.05) is 20.1 Å². The standard InChI is InChI=1S/C16H24N2O2/c1-18(12-16(20)8-4-5-9-16)15(19)10-13-6-2-3-7-14(13)11-17/h2-3,6-7,20H,4-5,8-12,17H2,1H3. The molecular weight excluding hydrogens is 252 g/mol. The van der Waals surface area contributed by atoms with Crippen LogP contribution in [0.2, 0.25) is 0 Å². The number of nitrogens with two attached hydrogens (primary N) is 1. The van der Waals surface area contributed by atoms with Gasteiger partial charge < -0.3 is 15.7 Å². The molecule has 1 saturated carbocycles. The molecule has 1 aromatic carbocycles. The van der Waals surface area contributed by atoms with E-state index in [1.54, 1.807) is 11.9 Å². The first-order valence-corrected chi connectivity index (χ1v) is 7.27. The zero-order chi connectivity index (χ0) is 14.6. The van der Waals surface area contributed by atoms with Gasteiger partial charge >= 0.3 is 0 Å². The van der Waals surface area contributed by atoms with Crippen molar-refractivity contribution in [2.75, 3.05) is 13.6 Å². The third-order valence-corrected chi connectivity index (χ3v) is 4.17. The van der Waals surface area contributed by atoms with E-state index in [1.807, 2.05) is 24.3 Å². The van der Waals surface area contributed by atoms with E-state index in [4.69, 9.17) is 5.73 Å². The predicted octanol–water partition coefficient (Wildman–Crippen LogP) is 1.45. The summed E-state index contributed by atoms with van der Waals surface area (Å²) in [6.07, 6.45) is 4.04. The van der Waals surface area contributed by atoms with Gasteiger partial charge in [-0.2, -0.15) is 0 Å². The number of carbonyl (C=O) groups excluding carboxylic acids is 1. The Kier molecular flexibility index (Phi) is 4.78. The summed E-state index contributed by atoms with van der Waals surface area (Å²) in [4.78, 5) is 13.9. The lowest BCUT2D eigenvalue weighted by molar-refractivity contribution is -0.132. The summed E-state index contributed by atoms with van der Waals surface area (Å²) in [7, 11) is 1.77. The van der Waals surface area contributed by atoms with Crippen LogP contribution in [0.15, 0.2) is 24.3 Å². The van der Waals surface area contributed by atoms with Crippen LogP contribution in [0.25, 0.3) is 0 Å². The third kappa shape index (κ3) is 3.58. The first kappa shape index (κ1) is 15.0. The predicted molar refractivity (Wildman–Crippen MR) is 79.1 cm³/mol. The Hall–Kier alpha value is -1.39. The minimum atomic E-state index is -0.683. The Balaban J connectivity index is 1.97. The third-order valence-electron chi connectivity index (χ3n) is 4.17. The average molecular weight is 276 g/mol. The number of likely N-dealkylation sites (N-methyl/N-ethyl adjacent to an activating group) is 1. The van der Waals surface area contributed by atoms with E-state index >= 15 is 0 Å². The van der Waals surface area contributed by atoms with Crippen molar-refractivity contribution in [3.8, 4) is 0 Å². The van der Waals surface area contributed by atoms with E-state index in [9.17, 15) is 9.90 Å². The molecule has 0 aromatic heterocycles. The summed E-state index contributed by atoms with van der Waals surface area (Å²) in [5, 5.41) is 10.4. The van der Waals surface area contributed by atoms with Crippen LogP contribution in [0.4, 0.5) is 0 Å². The van der Waals surface area contributed by atoms with E-state index in [-0.39, 0.29) is 5.91 Å². The fourth-order valence-electron chi connectivity index (χ4n) is 2.95. The van der Waals surface area contributed by atoms with Gasteiger partial charge in [0.2, 0.25) is 5.91 Å². The molecule has 1 amide bonds. The molecule has 0 aliphatic heterocycles. The molecule has 0 atom stereocenters. The molecule has 0 saturated heterocycles. The van der Waals surface area contributed by atoms with Crippen LogP contribution in [0.3, 0.4) is 0 Å². The zero-order valence-corrected chi connectivity index (χ0v) is 12.1. The van der Waals surface area contributed by atoms with Gasteiger partial charge in [-0.15, -0.1) is 0 Å². The second-order valence-electron chi connectivity index (χ2n) is 5.83. The normalized spacial score (nSPS) is 17.1. The van der Waals surface area contributed by atoms with Gasteiger partial charge in [-0.25, -0.2) is 0 Å². The summed E-state index contributed by atoms with van der Waals surface area (Å²) < 4.78 is 0. The zero-order valence-electron chi connectivity index (χ0n) is 12.1. The summed E-state index contributed by atoms with van der Waals surface area (Å²) in [6.45, 7) is 0.869. The lowest BCUT2D eigenvalue weighted by Crippen LogP contribution is -2.42. The molecule has 0 spiro atoms. The van der Waals surface area contributed by atoms with E-state index < -0.39 is 5.60 Å². The van der Waals surface area contributed by atoms with Crippen molar-refractivity contribution < 1.29 is 9.90 Å². The fraction of sp³-hybridized carbons (Fsp3) is 0.562. The van der Waals surface area contributed by atoms with Crippen LogP contribution >= 0.6 is 0 Å². The van der Waals surface area contributed by atoms with E-state index in [0.29, 0.717) is 19.5 Å². The number of aliphatic hydroxyl groups is 1. The molecule has 0 unspecified atom stereocenters. The van der Waals surface area contributed by atoms with Gasteiger partial charge in [0.1, 0.15) is 0 Å². The smallest absolute Gasteiger partial charge is 0.226 e. The van der Waals surface area contributed by atoms with Crippen molar-refractivity contribution in [2.45, 2.75) is 44.2 Å². The molecule has 1 aliphatic carbocycles. The highest BCUT2D eigenvalue weighted by Gasteiger charge is 2.33. The number of carbonyl (C=O) groups is 1. The van der Waals surface area contributed by atoms with Gasteiger partial charge in [-0.1, -0.05) is 37.1 Å². The molecule has 2 rings (SSSR count). The summed E-state index contributed by atoms with van der Waals surface area (Å²) in [6, 6.07) is 7.75. The molecule has 1 aliphatic rings. The van der Waals surface area contributed by atoms with Crippen molar-refractivity contribution >= 4 is 5.91 Å². The van der Waals surface area contributed by atoms with Crippen LogP contribution in [-0.4, -0.2) is 35.1 Å². The molecule has 1 aromatic rings. The topological polar surface area (TPSA) is 66.6 Å². The molecule has 110 valence electrons. The lowest BCUT2D eigenvalue weighted by Gasteiger charge is -2.28. The van der Waals surface area contributed by atoms with Gasteiger partial charge in [0.05, 0.1) is 12.0 Å². The van der Waals surface area contributed by atoms with E-state index in [2.05, 4.69) is 0 Å². The van der Waals surface area contributed by atoms with Crippen LogP contribution in [0.1, 0.15) is 36.8 Å². The van der Waals surface area contributed by atoms with Gasteiger partial charge in [-0.05, 0) is 24.0 Å². The molecule has 1 fully saturated rings. The van der Waals surface area contributed by atoms with Gasteiger partial charge in [0.15, 0.2) is 0 Å². The number of hydrogen-bond acceptors (Lipinski definition) is 3. The van der Waals surface area contributed by atoms with Crippen molar-refractivity contribution in [1.29, 1.82) is 0 Å². The Morgan fingerprint density at radius 1 is 1.30 bits per heavy atom. The second kappa shape index (κ2) is 6.37. The highest BCUT2D eigenvalue weighted by molar-refractivity contribution is 5.79. The summed E-state index contributed by atoms with van der Waals surface area (Å²) in [5.41, 5.74) is 6.99. The largest absolute Gasteiger partial charge is 0.388 e. The van der Waals surface area contributed by atoms with Crippen LogP contribution in [0.5, 0.6) is 0 Å². The molecule has 3 N–H and O–H groups in total. The fourth-order valence-corrected chi connectivity index (χ4v) is 2.95. The van der Waals surface area contributed by atoms with Crippen molar-refractivity contribution in [1.82, 2.24) is 4.90 Å². The lowest BCUT2D eigenvalue weighted by atomic mass is 10.0. The highest BCUT2D eigenvalue weighted by atomic mass is 16.3. The molecule has 4 nitrogen and oxygen atoms in total. The Labute approximate surface area is 120 Å². The molecule has 0 bridgehead atoms. The van der Waals surface area contributed by atoms with E-state index in [0.717, 1.165) is 36.8 Å². The molecule has 0 heterocycles. The SMILES string of the molecule is CN(CC1(O)CCCC1)C(=O)Cc1ccccc1CN. The average Bonchev–Trinajstić information content (AvgIpc) is 2.85. The minimum absolute atomic E-state index is 0.0335. The molecule has 4 heteroatoms. The number of benzene rings is 1.